The molecule has 4 heteroatoms. The number of hydrogen-bond donors (Lipinski definition) is 0. The second-order valence-corrected chi connectivity index (χ2v) is 4.32. The first kappa shape index (κ1) is 12.4. The zero-order valence-electron chi connectivity index (χ0n) is 10.4. The molecule has 0 saturated heterocycles. The smallest absolute Gasteiger partial charge is 0.183 e. The summed E-state index contributed by atoms with van der Waals surface area (Å²) < 4.78 is 14.6. The van der Waals surface area contributed by atoms with E-state index in [2.05, 4.69) is 0 Å². The maximum absolute atomic E-state index is 12.8. The van der Waals surface area contributed by atoms with Crippen LogP contribution < -0.4 is 4.90 Å². The molecule has 0 bridgehead atoms. The van der Waals surface area contributed by atoms with E-state index in [1.54, 1.807) is 29.3 Å². The predicted molar refractivity (Wildman–Crippen MR) is 69.4 cm³/mol. The molecule has 2 aromatic rings. The van der Waals surface area contributed by atoms with E-state index in [-0.39, 0.29) is 18.1 Å². The molecular weight excluding hydrogens is 231 g/mol. The Hall–Kier alpha value is -2.10. The highest BCUT2D eigenvalue weighted by Gasteiger charge is 2.10. The summed E-state index contributed by atoms with van der Waals surface area (Å²) in [5.74, 6) is -0.232. The SMILES string of the molecule is CN(CC(=O)c1ccn(C)c1)c1ccc(F)cc1. The van der Waals surface area contributed by atoms with Gasteiger partial charge in [0.15, 0.2) is 5.78 Å². The zero-order valence-corrected chi connectivity index (χ0v) is 10.4. The van der Waals surface area contributed by atoms with Gasteiger partial charge in [0.1, 0.15) is 5.82 Å². The number of carbonyl (C=O) groups excluding carboxylic acids is 1. The molecule has 0 atom stereocenters. The minimum atomic E-state index is -0.276. The number of benzene rings is 1. The second kappa shape index (κ2) is 5.04. The fraction of sp³-hybridized carbons (Fsp3) is 0.214. The lowest BCUT2D eigenvalue weighted by Crippen LogP contribution is -2.25. The van der Waals surface area contributed by atoms with Crippen molar-refractivity contribution in [1.82, 2.24) is 4.57 Å². The van der Waals surface area contributed by atoms with E-state index in [0.29, 0.717) is 5.56 Å². The van der Waals surface area contributed by atoms with E-state index in [0.717, 1.165) is 5.69 Å². The number of anilines is 1. The highest BCUT2D eigenvalue weighted by molar-refractivity contribution is 5.99. The summed E-state index contributed by atoms with van der Waals surface area (Å²) in [7, 11) is 3.69. The van der Waals surface area contributed by atoms with Crippen molar-refractivity contribution in [2.45, 2.75) is 0 Å². The van der Waals surface area contributed by atoms with Crippen molar-refractivity contribution in [3.05, 3.63) is 54.1 Å². The van der Waals surface area contributed by atoms with Crippen molar-refractivity contribution in [3.63, 3.8) is 0 Å². The van der Waals surface area contributed by atoms with E-state index < -0.39 is 0 Å². The molecule has 94 valence electrons. The lowest BCUT2D eigenvalue weighted by molar-refractivity contribution is 0.100. The van der Waals surface area contributed by atoms with Crippen molar-refractivity contribution in [1.29, 1.82) is 0 Å². The molecule has 0 aliphatic heterocycles. The van der Waals surface area contributed by atoms with Gasteiger partial charge in [0.2, 0.25) is 0 Å². The number of halogens is 1. The Bertz CT molecular complexity index is 545. The number of Topliss-reactive ketones (excluding diaryl/α,β-unsaturated/α-hetero) is 1. The van der Waals surface area contributed by atoms with E-state index in [4.69, 9.17) is 0 Å². The number of aryl methyl sites for hydroxylation is 1. The van der Waals surface area contributed by atoms with Crippen molar-refractivity contribution >= 4 is 11.5 Å². The molecule has 1 aromatic carbocycles. The molecular formula is C14H15FN2O. The molecule has 0 unspecified atom stereocenters. The predicted octanol–water partition coefficient (Wildman–Crippen LogP) is 2.48. The van der Waals surface area contributed by atoms with Crippen LogP contribution in [0.25, 0.3) is 0 Å². The summed E-state index contributed by atoms with van der Waals surface area (Å²) in [5, 5.41) is 0. The maximum atomic E-state index is 12.8. The van der Waals surface area contributed by atoms with Gasteiger partial charge in [0.25, 0.3) is 0 Å². The van der Waals surface area contributed by atoms with Crippen LogP contribution in [0, 0.1) is 5.82 Å². The first-order chi connectivity index (χ1) is 8.56. The largest absolute Gasteiger partial charge is 0.367 e. The van der Waals surface area contributed by atoms with Crippen molar-refractivity contribution in [3.8, 4) is 0 Å². The number of rotatable bonds is 4. The summed E-state index contributed by atoms with van der Waals surface area (Å²) >= 11 is 0. The molecule has 0 spiro atoms. The third kappa shape index (κ3) is 2.77. The molecule has 2 rings (SSSR count). The average Bonchev–Trinajstić information content (AvgIpc) is 2.76. The number of ketones is 1. The molecule has 0 saturated carbocycles. The summed E-state index contributed by atoms with van der Waals surface area (Å²) in [4.78, 5) is 13.8. The standard InChI is InChI=1S/C14H15FN2O/c1-16-8-7-11(9-16)14(18)10-17(2)13-5-3-12(15)4-6-13/h3-9H,10H2,1-2H3. The molecule has 0 fully saturated rings. The quantitative estimate of drug-likeness (QED) is 0.774. The Morgan fingerprint density at radius 2 is 1.94 bits per heavy atom. The Kier molecular flexibility index (Phi) is 3.46. The number of carbonyl (C=O) groups is 1. The third-order valence-corrected chi connectivity index (χ3v) is 2.80. The highest BCUT2D eigenvalue weighted by Crippen LogP contribution is 2.13. The van der Waals surface area contributed by atoms with Crippen LogP contribution in [0.5, 0.6) is 0 Å². The molecule has 1 heterocycles. The van der Waals surface area contributed by atoms with Gasteiger partial charge in [0, 0.05) is 37.7 Å². The first-order valence-corrected chi connectivity index (χ1v) is 5.68. The zero-order chi connectivity index (χ0) is 13.1. The van der Waals surface area contributed by atoms with Crippen LogP contribution in [-0.4, -0.2) is 23.9 Å². The van der Waals surface area contributed by atoms with Crippen LogP contribution in [0.1, 0.15) is 10.4 Å². The Morgan fingerprint density at radius 1 is 1.28 bits per heavy atom. The molecule has 3 nitrogen and oxygen atoms in total. The summed E-state index contributed by atoms with van der Waals surface area (Å²) in [5.41, 5.74) is 1.51. The summed E-state index contributed by atoms with van der Waals surface area (Å²) in [6.07, 6.45) is 3.63. The molecule has 0 N–H and O–H groups in total. The van der Waals surface area contributed by atoms with Gasteiger partial charge in [-0.25, -0.2) is 4.39 Å². The van der Waals surface area contributed by atoms with E-state index >= 15 is 0 Å². The fourth-order valence-corrected chi connectivity index (χ4v) is 1.76. The third-order valence-electron chi connectivity index (χ3n) is 2.80. The van der Waals surface area contributed by atoms with Crippen LogP contribution in [0.3, 0.4) is 0 Å². The van der Waals surface area contributed by atoms with Crippen LogP contribution in [-0.2, 0) is 7.05 Å². The number of aromatic nitrogens is 1. The normalized spacial score (nSPS) is 10.4. The average molecular weight is 246 g/mol. The van der Waals surface area contributed by atoms with Gasteiger partial charge >= 0.3 is 0 Å². The lowest BCUT2D eigenvalue weighted by atomic mass is 10.2. The van der Waals surface area contributed by atoms with Crippen LogP contribution in [0.15, 0.2) is 42.7 Å². The van der Waals surface area contributed by atoms with Crippen molar-refractivity contribution < 1.29 is 9.18 Å². The lowest BCUT2D eigenvalue weighted by Gasteiger charge is -2.17. The van der Waals surface area contributed by atoms with Gasteiger partial charge in [-0.1, -0.05) is 0 Å². The van der Waals surface area contributed by atoms with Crippen molar-refractivity contribution in [2.75, 3.05) is 18.5 Å². The van der Waals surface area contributed by atoms with Gasteiger partial charge in [0.05, 0.1) is 6.54 Å². The van der Waals surface area contributed by atoms with Crippen LogP contribution in [0.2, 0.25) is 0 Å². The summed E-state index contributed by atoms with van der Waals surface area (Å²) in [6, 6.07) is 7.89. The Balaban J connectivity index is 2.05. The van der Waals surface area contributed by atoms with E-state index in [1.807, 2.05) is 24.9 Å². The monoisotopic (exact) mass is 246 g/mol. The van der Waals surface area contributed by atoms with Gasteiger partial charge in [-0.3, -0.25) is 4.79 Å². The van der Waals surface area contributed by atoms with Crippen molar-refractivity contribution in [2.24, 2.45) is 7.05 Å². The summed E-state index contributed by atoms with van der Waals surface area (Å²) in [6.45, 7) is 0.273. The minimum Gasteiger partial charge on any atom is -0.367 e. The van der Waals surface area contributed by atoms with Gasteiger partial charge in [-0.2, -0.15) is 0 Å². The van der Waals surface area contributed by atoms with Gasteiger partial charge in [-0.05, 0) is 30.3 Å². The van der Waals surface area contributed by atoms with Gasteiger partial charge in [-0.15, -0.1) is 0 Å². The van der Waals surface area contributed by atoms with E-state index in [9.17, 15) is 9.18 Å². The molecule has 18 heavy (non-hydrogen) atoms. The Labute approximate surface area is 105 Å². The molecule has 1 aromatic heterocycles. The molecule has 0 radical (unpaired) electrons. The topological polar surface area (TPSA) is 25.2 Å². The van der Waals surface area contributed by atoms with Crippen LogP contribution in [0.4, 0.5) is 10.1 Å². The minimum absolute atomic E-state index is 0.0439. The maximum Gasteiger partial charge on any atom is 0.183 e. The van der Waals surface area contributed by atoms with Gasteiger partial charge < -0.3 is 9.47 Å². The highest BCUT2D eigenvalue weighted by atomic mass is 19.1. The number of likely N-dealkylation sites (N-methyl/N-ethyl adjacent to an activating group) is 1. The number of nitrogens with zero attached hydrogens (tertiary/aromatic N) is 2. The first-order valence-electron chi connectivity index (χ1n) is 5.68. The Morgan fingerprint density at radius 3 is 2.50 bits per heavy atom. The molecule has 0 aliphatic rings. The molecule has 0 aliphatic carbocycles. The fourth-order valence-electron chi connectivity index (χ4n) is 1.76. The molecule has 0 amide bonds. The van der Waals surface area contributed by atoms with Crippen LogP contribution >= 0.6 is 0 Å². The van der Waals surface area contributed by atoms with E-state index in [1.165, 1.54) is 12.1 Å². The second-order valence-electron chi connectivity index (χ2n) is 4.32. The number of hydrogen-bond acceptors (Lipinski definition) is 2.